The Hall–Kier alpha value is -3.42. The molecular weight excluding hydrogens is 326 g/mol. The molecule has 0 heterocycles. The lowest BCUT2D eigenvalue weighted by Crippen LogP contribution is -2.19. The molecular formula is C17H19N3O5. The summed E-state index contributed by atoms with van der Waals surface area (Å²) in [5.41, 5.74) is 6.50. The van der Waals surface area contributed by atoms with E-state index in [1.807, 2.05) is 0 Å². The normalized spacial score (nSPS) is 9.88. The van der Waals surface area contributed by atoms with Crippen molar-refractivity contribution in [1.82, 2.24) is 0 Å². The minimum Gasteiger partial charge on any atom is -0.493 e. The minimum atomic E-state index is -0.534. The lowest BCUT2D eigenvalue weighted by Gasteiger charge is -2.15. The Morgan fingerprint density at radius 3 is 1.80 bits per heavy atom. The molecule has 3 amide bonds. The molecule has 0 radical (unpaired) electrons. The molecule has 0 spiro atoms. The van der Waals surface area contributed by atoms with Crippen LogP contribution in [0.1, 0.15) is 10.4 Å². The predicted octanol–water partition coefficient (Wildman–Crippen LogP) is 2.46. The molecule has 0 aromatic heterocycles. The van der Waals surface area contributed by atoms with Gasteiger partial charge in [-0.25, -0.2) is 4.79 Å². The Kier molecular flexibility index (Phi) is 5.67. The van der Waals surface area contributed by atoms with E-state index in [4.69, 9.17) is 19.9 Å². The van der Waals surface area contributed by atoms with E-state index in [1.165, 1.54) is 33.5 Å². The zero-order valence-electron chi connectivity index (χ0n) is 14.1. The summed E-state index contributed by atoms with van der Waals surface area (Å²) in [7, 11) is 4.47. The lowest BCUT2D eigenvalue weighted by atomic mass is 10.2. The van der Waals surface area contributed by atoms with Gasteiger partial charge in [-0.15, -0.1) is 0 Å². The average Bonchev–Trinajstić information content (AvgIpc) is 2.61. The number of methoxy groups -OCH3 is 3. The number of rotatable bonds is 6. The number of nitrogens with two attached hydrogens (primary N) is 1. The molecule has 4 N–H and O–H groups in total. The summed E-state index contributed by atoms with van der Waals surface area (Å²) in [4.78, 5) is 23.2. The highest BCUT2D eigenvalue weighted by atomic mass is 16.5. The number of benzene rings is 2. The first kappa shape index (κ1) is 17.9. The largest absolute Gasteiger partial charge is 0.493 e. The van der Waals surface area contributed by atoms with Gasteiger partial charge in [-0.05, 0) is 24.3 Å². The Labute approximate surface area is 144 Å². The van der Waals surface area contributed by atoms with Gasteiger partial charge >= 0.3 is 6.03 Å². The molecule has 0 unspecified atom stereocenters. The van der Waals surface area contributed by atoms with Crippen LogP contribution in [0.2, 0.25) is 0 Å². The fourth-order valence-electron chi connectivity index (χ4n) is 2.16. The maximum Gasteiger partial charge on any atom is 0.323 e. The smallest absolute Gasteiger partial charge is 0.323 e. The number of nitrogens with one attached hydrogen (secondary N) is 2. The highest BCUT2D eigenvalue weighted by Gasteiger charge is 2.14. The zero-order chi connectivity index (χ0) is 18.4. The van der Waals surface area contributed by atoms with Crippen LogP contribution >= 0.6 is 0 Å². The van der Waals surface area contributed by atoms with E-state index in [2.05, 4.69) is 10.6 Å². The van der Waals surface area contributed by atoms with Crippen molar-refractivity contribution >= 4 is 23.3 Å². The number of hydrogen-bond acceptors (Lipinski definition) is 5. The van der Waals surface area contributed by atoms with Gasteiger partial charge in [0.15, 0.2) is 11.5 Å². The van der Waals surface area contributed by atoms with Gasteiger partial charge in [0.05, 0.1) is 27.0 Å². The van der Waals surface area contributed by atoms with E-state index < -0.39 is 11.9 Å². The van der Waals surface area contributed by atoms with Crippen molar-refractivity contribution < 1.29 is 23.8 Å². The van der Waals surface area contributed by atoms with Gasteiger partial charge in [0.1, 0.15) is 0 Å². The van der Waals surface area contributed by atoms with Gasteiger partial charge < -0.3 is 30.6 Å². The highest BCUT2D eigenvalue weighted by molar-refractivity contribution is 6.00. The van der Waals surface area contributed by atoms with Crippen LogP contribution in [0.4, 0.5) is 16.2 Å². The van der Waals surface area contributed by atoms with E-state index in [0.29, 0.717) is 34.2 Å². The Morgan fingerprint density at radius 1 is 0.840 bits per heavy atom. The van der Waals surface area contributed by atoms with Gasteiger partial charge in [-0.2, -0.15) is 0 Å². The molecule has 2 rings (SSSR count). The third-order valence-electron chi connectivity index (χ3n) is 3.35. The summed E-state index contributed by atoms with van der Waals surface area (Å²) < 4.78 is 15.7. The number of carbonyl (C=O) groups is 2. The van der Waals surface area contributed by atoms with E-state index in [-0.39, 0.29) is 0 Å². The van der Waals surface area contributed by atoms with Crippen molar-refractivity contribution in [3.05, 3.63) is 42.0 Å². The monoisotopic (exact) mass is 345 g/mol. The Balaban J connectivity index is 2.13. The number of carbonyl (C=O) groups excluding carboxylic acids is 2. The summed E-state index contributed by atoms with van der Waals surface area (Å²) in [6.45, 7) is 0. The Bertz CT molecular complexity index is 749. The number of amides is 3. The molecule has 8 heteroatoms. The van der Waals surface area contributed by atoms with E-state index >= 15 is 0 Å². The van der Waals surface area contributed by atoms with Gasteiger partial charge in [0.2, 0.25) is 11.7 Å². The maximum atomic E-state index is 12.1. The SMILES string of the molecule is COc1cc(NC(=O)Nc2ccc(C(N)=O)cc2)cc(OC)c1OC. The molecule has 0 aliphatic rings. The van der Waals surface area contributed by atoms with Crippen molar-refractivity contribution in [2.75, 3.05) is 32.0 Å². The van der Waals surface area contributed by atoms with Crippen molar-refractivity contribution in [3.8, 4) is 17.2 Å². The van der Waals surface area contributed by atoms with Gasteiger partial charge in [0.25, 0.3) is 0 Å². The third kappa shape index (κ3) is 4.31. The standard InChI is InChI=1S/C17H19N3O5/c1-23-13-8-12(9-14(24-2)15(13)25-3)20-17(22)19-11-6-4-10(5-7-11)16(18)21/h4-9H,1-3H3,(H2,18,21)(H2,19,20,22). The first-order valence-corrected chi connectivity index (χ1v) is 7.26. The van der Waals surface area contributed by atoms with Crippen LogP contribution in [0.5, 0.6) is 17.2 Å². The summed E-state index contributed by atoms with van der Waals surface area (Å²) in [6, 6.07) is 8.95. The lowest BCUT2D eigenvalue weighted by molar-refractivity contribution is 0.100. The molecule has 0 aliphatic heterocycles. The first-order chi connectivity index (χ1) is 12.0. The second kappa shape index (κ2) is 7.91. The molecule has 0 fully saturated rings. The van der Waals surface area contributed by atoms with Crippen molar-refractivity contribution in [2.24, 2.45) is 5.73 Å². The quantitative estimate of drug-likeness (QED) is 0.744. The molecule has 25 heavy (non-hydrogen) atoms. The predicted molar refractivity (Wildman–Crippen MR) is 93.7 cm³/mol. The zero-order valence-corrected chi connectivity index (χ0v) is 14.1. The van der Waals surface area contributed by atoms with Crippen LogP contribution < -0.4 is 30.6 Å². The van der Waals surface area contributed by atoms with Crippen LogP contribution in [0, 0.1) is 0 Å². The fraction of sp³-hybridized carbons (Fsp3) is 0.176. The van der Waals surface area contributed by atoms with E-state index in [0.717, 1.165) is 0 Å². The van der Waals surface area contributed by atoms with Crippen molar-refractivity contribution in [3.63, 3.8) is 0 Å². The molecule has 8 nitrogen and oxygen atoms in total. The van der Waals surface area contributed by atoms with E-state index in [9.17, 15) is 9.59 Å². The number of ether oxygens (including phenoxy) is 3. The van der Waals surface area contributed by atoms with Crippen molar-refractivity contribution in [2.45, 2.75) is 0 Å². The molecule has 0 aliphatic carbocycles. The average molecular weight is 345 g/mol. The molecule has 0 bridgehead atoms. The summed E-state index contributed by atoms with van der Waals surface area (Å²) in [6.07, 6.45) is 0. The van der Waals surface area contributed by atoms with Crippen LogP contribution in [-0.2, 0) is 0 Å². The van der Waals surface area contributed by atoms with Crippen molar-refractivity contribution in [1.29, 1.82) is 0 Å². The molecule has 2 aromatic carbocycles. The van der Waals surface area contributed by atoms with Crippen LogP contribution in [-0.4, -0.2) is 33.3 Å². The first-order valence-electron chi connectivity index (χ1n) is 7.26. The number of urea groups is 1. The van der Waals surface area contributed by atoms with Gasteiger partial charge in [-0.1, -0.05) is 0 Å². The Morgan fingerprint density at radius 2 is 1.36 bits per heavy atom. The molecule has 132 valence electrons. The topological polar surface area (TPSA) is 112 Å². The number of primary amides is 1. The summed E-state index contributed by atoms with van der Waals surface area (Å²) >= 11 is 0. The second-order valence-electron chi connectivity index (χ2n) is 4.93. The minimum absolute atomic E-state index is 0.357. The van der Waals surface area contributed by atoms with Crippen LogP contribution in [0.15, 0.2) is 36.4 Å². The van der Waals surface area contributed by atoms with Gasteiger partial charge in [-0.3, -0.25) is 4.79 Å². The fourth-order valence-corrected chi connectivity index (χ4v) is 2.16. The van der Waals surface area contributed by atoms with E-state index in [1.54, 1.807) is 24.3 Å². The number of hydrogen-bond donors (Lipinski definition) is 3. The van der Waals surface area contributed by atoms with Gasteiger partial charge in [0, 0.05) is 23.4 Å². The maximum absolute atomic E-state index is 12.1. The van der Waals surface area contributed by atoms with Crippen LogP contribution in [0.25, 0.3) is 0 Å². The molecule has 0 saturated carbocycles. The second-order valence-corrected chi connectivity index (χ2v) is 4.93. The summed E-state index contributed by atoms with van der Waals surface area (Å²) in [5.74, 6) is 0.734. The molecule has 0 atom stereocenters. The molecule has 0 saturated heterocycles. The van der Waals surface area contributed by atoms with Crippen LogP contribution in [0.3, 0.4) is 0 Å². The molecule has 2 aromatic rings. The number of anilines is 2. The summed E-state index contributed by atoms with van der Waals surface area (Å²) in [5, 5.41) is 5.32. The third-order valence-corrected chi connectivity index (χ3v) is 3.35. The highest BCUT2D eigenvalue weighted by Crippen LogP contribution is 2.39.